The van der Waals surface area contributed by atoms with E-state index in [9.17, 15) is 18.4 Å². The van der Waals surface area contributed by atoms with Crippen molar-refractivity contribution in [2.24, 2.45) is 0 Å². The number of hydrogen-bond donors (Lipinski definition) is 0. The molecule has 0 radical (unpaired) electrons. The van der Waals surface area contributed by atoms with Crippen LogP contribution in [0.3, 0.4) is 0 Å². The van der Waals surface area contributed by atoms with Gasteiger partial charge in [0.25, 0.3) is 5.92 Å². The summed E-state index contributed by atoms with van der Waals surface area (Å²) in [6.45, 7) is 2.17. The van der Waals surface area contributed by atoms with Crippen molar-refractivity contribution in [2.75, 3.05) is 13.7 Å². The van der Waals surface area contributed by atoms with Gasteiger partial charge >= 0.3 is 11.9 Å². The van der Waals surface area contributed by atoms with Crippen LogP contribution in [0.4, 0.5) is 8.78 Å². The minimum Gasteiger partial charge on any atom is -0.497 e. The Bertz CT molecular complexity index is 785. The number of methoxy groups -OCH3 is 1. The molecule has 150 valence electrons. The summed E-state index contributed by atoms with van der Waals surface area (Å²) in [4.78, 5) is 24.9. The van der Waals surface area contributed by atoms with Crippen LogP contribution in [-0.4, -0.2) is 37.7 Å². The predicted octanol–water partition coefficient (Wildman–Crippen LogP) is 4.22. The number of alkyl halides is 2. The third-order valence-corrected chi connectivity index (χ3v) is 4.09. The molecule has 5 nitrogen and oxygen atoms in total. The first-order valence-corrected chi connectivity index (χ1v) is 8.72. The van der Waals surface area contributed by atoms with E-state index in [1.807, 2.05) is 0 Å². The van der Waals surface area contributed by atoms with Crippen LogP contribution in [0, 0.1) is 0 Å². The van der Waals surface area contributed by atoms with Crippen molar-refractivity contribution in [3.8, 4) is 5.75 Å². The van der Waals surface area contributed by atoms with E-state index < -0.39 is 29.9 Å². The second-order valence-corrected chi connectivity index (χ2v) is 6.15. The smallest absolute Gasteiger partial charge is 0.348 e. The number of halogens is 2. The molecule has 0 bridgehead atoms. The summed E-state index contributed by atoms with van der Waals surface area (Å²) < 4.78 is 44.2. The Kier molecular flexibility index (Phi) is 7.09. The largest absolute Gasteiger partial charge is 0.497 e. The molecule has 0 N–H and O–H groups in total. The summed E-state index contributed by atoms with van der Waals surface area (Å²) in [5.41, 5.74) is 0.261. The summed E-state index contributed by atoms with van der Waals surface area (Å²) in [5.74, 6) is -6.56. The van der Waals surface area contributed by atoms with Gasteiger partial charge in [0.2, 0.25) is 6.10 Å². The summed E-state index contributed by atoms with van der Waals surface area (Å²) in [6, 6.07) is 13.6. The fourth-order valence-electron chi connectivity index (χ4n) is 2.78. The Morgan fingerprint density at radius 1 is 1.04 bits per heavy atom. The van der Waals surface area contributed by atoms with Crippen LogP contribution in [0.2, 0.25) is 0 Å². The minimum absolute atomic E-state index is 0.0389. The van der Waals surface area contributed by atoms with Gasteiger partial charge in [0.1, 0.15) is 5.75 Å². The Balaban J connectivity index is 2.43. The Hall–Kier alpha value is -2.96. The Labute approximate surface area is 162 Å². The molecule has 0 saturated heterocycles. The molecular formula is C21H22F2O5. The zero-order chi connectivity index (χ0) is 20.7. The number of esters is 2. The monoisotopic (exact) mass is 392 g/mol. The molecule has 2 atom stereocenters. The van der Waals surface area contributed by atoms with Crippen LogP contribution in [-0.2, 0) is 14.3 Å². The number of carbonyl (C=O) groups is 2. The molecule has 0 saturated carbocycles. The van der Waals surface area contributed by atoms with Gasteiger partial charge in [-0.1, -0.05) is 30.3 Å². The fraction of sp³-hybridized carbons (Fsp3) is 0.333. The summed E-state index contributed by atoms with van der Waals surface area (Å²) >= 11 is 0. The van der Waals surface area contributed by atoms with Crippen LogP contribution >= 0.6 is 0 Å². The standard InChI is InChI=1S/C21H22F2O5/c1-4-27-20(25)18(28-19(24)15-8-6-5-7-9-15)17(21(2,22)23)14-10-12-16(26-3)13-11-14/h5-13,17-18H,4H2,1-3H3/t17-,18-/m0/s1. The third kappa shape index (κ3) is 5.28. The molecule has 7 heteroatoms. The van der Waals surface area contributed by atoms with Crippen molar-refractivity contribution >= 4 is 11.9 Å². The molecule has 0 aliphatic carbocycles. The SMILES string of the molecule is CCOC(=O)[C@@H](OC(=O)c1ccccc1)[C@H](c1ccc(OC)cc1)C(C)(F)F. The van der Waals surface area contributed by atoms with E-state index in [1.54, 1.807) is 25.1 Å². The molecule has 28 heavy (non-hydrogen) atoms. The highest BCUT2D eigenvalue weighted by Gasteiger charge is 2.47. The molecule has 0 aliphatic rings. The molecular weight excluding hydrogens is 370 g/mol. The van der Waals surface area contributed by atoms with E-state index in [1.165, 1.54) is 43.5 Å². The zero-order valence-corrected chi connectivity index (χ0v) is 15.9. The van der Waals surface area contributed by atoms with Crippen molar-refractivity contribution < 1.29 is 32.6 Å². The van der Waals surface area contributed by atoms with Gasteiger partial charge in [0, 0.05) is 6.92 Å². The number of carbonyl (C=O) groups excluding carboxylic acids is 2. The van der Waals surface area contributed by atoms with E-state index in [-0.39, 0.29) is 17.7 Å². The lowest BCUT2D eigenvalue weighted by atomic mass is 9.87. The number of rotatable bonds is 8. The number of benzene rings is 2. The van der Waals surface area contributed by atoms with E-state index >= 15 is 0 Å². The predicted molar refractivity (Wildman–Crippen MR) is 98.6 cm³/mol. The molecule has 0 amide bonds. The van der Waals surface area contributed by atoms with Crippen molar-refractivity contribution in [2.45, 2.75) is 31.8 Å². The van der Waals surface area contributed by atoms with Gasteiger partial charge in [-0.25, -0.2) is 18.4 Å². The van der Waals surface area contributed by atoms with E-state index in [0.29, 0.717) is 12.7 Å². The van der Waals surface area contributed by atoms with Crippen molar-refractivity contribution in [3.63, 3.8) is 0 Å². The second-order valence-electron chi connectivity index (χ2n) is 6.15. The average molecular weight is 392 g/mol. The van der Waals surface area contributed by atoms with Gasteiger partial charge < -0.3 is 14.2 Å². The first-order valence-electron chi connectivity index (χ1n) is 8.72. The normalized spacial score (nSPS) is 13.3. The second kappa shape index (κ2) is 9.30. The van der Waals surface area contributed by atoms with Gasteiger partial charge in [0.05, 0.1) is 25.2 Å². The average Bonchev–Trinajstić information content (AvgIpc) is 2.67. The van der Waals surface area contributed by atoms with Crippen molar-refractivity contribution in [1.29, 1.82) is 0 Å². The summed E-state index contributed by atoms with van der Waals surface area (Å²) in [6.07, 6.45) is -1.82. The quantitative estimate of drug-likeness (QED) is 0.630. The maximum Gasteiger partial charge on any atom is 0.348 e. The van der Waals surface area contributed by atoms with Gasteiger partial charge in [0.15, 0.2) is 0 Å². The zero-order valence-electron chi connectivity index (χ0n) is 15.9. The van der Waals surface area contributed by atoms with E-state index in [2.05, 4.69) is 0 Å². The van der Waals surface area contributed by atoms with Crippen LogP contribution < -0.4 is 4.74 Å². The Morgan fingerprint density at radius 2 is 1.64 bits per heavy atom. The minimum atomic E-state index is -3.37. The Morgan fingerprint density at radius 3 is 2.14 bits per heavy atom. The highest BCUT2D eigenvalue weighted by molar-refractivity contribution is 5.91. The molecule has 0 aromatic heterocycles. The van der Waals surface area contributed by atoms with Gasteiger partial charge in [-0.2, -0.15) is 0 Å². The molecule has 0 fully saturated rings. The molecule has 0 unspecified atom stereocenters. The number of ether oxygens (including phenoxy) is 3. The maximum atomic E-state index is 14.5. The lowest BCUT2D eigenvalue weighted by Crippen LogP contribution is -2.42. The molecule has 2 rings (SSSR count). The van der Waals surface area contributed by atoms with Gasteiger partial charge in [-0.3, -0.25) is 0 Å². The molecule has 0 heterocycles. The first-order chi connectivity index (χ1) is 13.3. The van der Waals surface area contributed by atoms with E-state index in [4.69, 9.17) is 14.2 Å². The van der Waals surface area contributed by atoms with E-state index in [0.717, 1.165) is 0 Å². The highest BCUT2D eigenvalue weighted by atomic mass is 19.3. The lowest BCUT2D eigenvalue weighted by molar-refractivity contribution is -0.161. The van der Waals surface area contributed by atoms with Crippen LogP contribution in [0.25, 0.3) is 0 Å². The third-order valence-electron chi connectivity index (χ3n) is 4.09. The van der Waals surface area contributed by atoms with Crippen molar-refractivity contribution in [1.82, 2.24) is 0 Å². The van der Waals surface area contributed by atoms with Gasteiger partial charge in [-0.15, -0.1) is 0 Å². The highest BCUT2D eigenvalue weighted by Crippen LogP contribution is 2.38. The molecule has 0 aliphatic heterocycles. The van der Waals surface area contributed by atoms with Crippen LogP contribution in [0.5, 0.6) is 5.75 Å². The van der Waals surface area contributed by atoms with Crippen LogP contribution in [0.15, 0.2) is 54.6 Å². The molecule has 2 aromatic carbocycles. The molecule has 0 spiro atoms. The lowest BCUT2D eigenvalue weighted by Gasteiger charge is -2.30. The summed E-state index contributed by atoms with van der Waals surface area (Å²) in [7, 11) is 1.45. The fourth-order valence-corrected chi connectivity index (χ4v) is 2.78. The summed E-state index contributed by atoms with van der Waals surface area (Å²) in [5, 5.41) is 0. The van der Waals surface area contributed by atoms with Crippen molar-refractivity contribution in [3.05, 3.63) is 65.7 Å². The number of hydrogen-bond acceptors (Lipinski definition) is 5. The molecule has 2 aromatic rings. The first kappa shape index (κ1) is 21.3. The topological polar surface area (TPSA) is 61.8 Å². The van der Waals surface area contributed by atoms with Crippen LogP contribution in [0.1, 0.15) is 35.7 Å². The maximum absolute atomic E-state index is 14.5. The van der Waals surface area contributed by atoms with Gasteiger partial charge in [-0.05, 0) is 36.8 Å².